The average Bonchev–Trinajstić information content (AvgIpc) is 2.94. The monoisotopic (exact) mass is 359 g/mol. The third kappa shape index (κ3) is 4.10. The minimum Gasteiger partial charge on any atom is -0.484 e. The van der Waals surface area contributed by atoms with Crippen molar-refractivity contribution >= 4 is 23.4 Å². The number of hydrogen-bond donors (Lipinski definition) is 0. The van der Waals surface area contributed by atoms with Crippen molar-refractivity contribution in [3.8, 4) is 5.75 Å². The van der Waals surface area contributed by atoms with Crippen molar-refractivity contribution in [3.05, 3.63) is 70.5 Å². The maximum absolute atomic E-state index is 6.09. The summed E-state index contributed by atoms with van der Waals surface area (Å²) < 4.78 is 7.68. The normalized spacial score (nSPS) is 10.8. The fraction of sp³-hybridized carbons (Fsp3) is 0.222. The second kappa shape index (κ2) is 7.73. The molecule has 2 aromatic carbocycles. The standard InChI is InChI=1S/C18H18ClN3OS/c1-13-7-9-14(10-8-13)12-24-18-21-20-17(22(18)2)11-23-16-6-4-3-5-15(16)19/h3-10H,11-12H2,1-2H3. The molecule has 1 aromatic heterocycles. The van der Waals surface area contributed by atoms with E-state index in [1.54, 1.807) is 17.8 Å². The van der Waals surface area contributed by atoms with Crippen LogP contribution in [0.4, 0.5) is 0 Å². The first-order valence-corrected chi connectivity index (χ1v) is 8.94. The van der Waals surface area contributed by atoms with Crippen molar-refractivity contribution in [2.24, 2.45) is 7.05 Å². The Hall–Kier alpha value is -1.98. The molecule has 6 heteroatoms. The molecule has 124 valence electrons. The van der Waals surface area contributed by atoms with Crippen LogP contribution in [0.15, 0.2) is 53.7 Å². The van der Waals surface area contributed by atoms with Crippen LogP contribution in [0.2, 0.25) is 5.02 Å². The number of nitrogens with zero attached hydrogens (tertiary/aromatic N) is 3. The number of hydrogen-bond acceptors (Lipinski definition) is 4. The molecule has 0 bridgehead atoms. The Labute approximate surface area is 150 Å². The molecule has 0 saturated heterocycles. The predicted octanol–water partition coefficient (Wildman–Crippen LogP) is 4.65. The summed E-state index contributed by atoms with van der Waals surface area (Å²) in [6, 6.07) is 15.9. The van der Waals surface area contributed by atoms with Gasteiger partial charge in [0.05, 0.1) is 5.02 Å². The summed E-state index contributed by atoms with van der Waals surface area (Å²) in [5.41, 5.74) is 2.53. The average molecular weight is 360 g/mol. The number of rotatable bonds is 6. The first-order valence-electron chi connectivity index (χ1n) is 7.57. The molecule has 0 aliphatic carbocycles. The van der Waals surface area contributed by atoms with E-state index in [0.717, 1.165) is 16.7 Å². The van der Waals surface area contributed by atoms with E-state index in [2.05, 4.69) is 41.4 Å². The van der Waals surface area contributed by atoms with Gasteiger partial charge in [-0.1, -0.05) is 65.3 Å². The summed E-state index contributed by atoms with van der Waals surface area (Å²) in [6.45, 7) is 2.42. The second-order valence-corrected chi connectivity index (χ2v) is 6.80. The van der Waals surface area contributed by atoms with Gasteiger partial charge in [-0.3, -0.25) is 0 Å². The smallest absolute Gasteiger partial charge is 0.191 e. The molecule has 1 heterocycles. The number of aryl methyl sites for hydroxylation is 1. The van der Waals surface area contributed by atoms with E-state index in [0.29, 0.717) is 17.4 Å². The zero-order valence-electron chi connectivity index (χ0n) is 13.6. The minimum atomic E-state index is 0.332. The maximum atomic E-state index is 6.09. The summed E-state index contributed by atoms with van der Waals surface area (Å²) in [5.74, 6) is 2.27. The highest BCUT2D eigenvalue weighted by Crippen LogP contribution is 2.25. The van der Waals surface area contributed by atoms with Crippen molar-refractivity contribution in [1.29, 1.82) is 0 Å². The first kappa shape index (κ1) is 16.9. The Kier molecular flexibility index (Phi) is 5.43. The second-order valence-electron chi connectivity index (χ2n) is 5.45. The molecular formula is C18H18ClN3OS. The lowest BCUT2D eigenvalue weighted by atomic mass is 10.2. The summed E-state index contributed by atoms with van der Waals surface area (Å²) in [4.78, 5) is 0. The summed E-state index contributed by atoms with van der Waals surface area (Å²) >= 11 is 7.75. The molecule has 0 unspecified atom stereocenters. The Morgan fingerprint density at radius 1 is 1.08 bits per heavy atom. The third-order valence-corrected chi connectivity index (χ3v) is 5.01. The number of thioether (sulfide) groups is 1. The Morgan fingerprint density at radius 3 is 2.58 bits per heavy atom. The fourth-order valence-corrected chi connectivity index (χ4v) is 3.21. The van der Waals surface area contributed by atoms with Crippen LogP contribution in [-0.4, -0.2) is 14.8 Å². The SMILES string of the molecule is Cc1ccc(CSc2nnc(COc3ccccc3Cl)n2C)cc1. The summed E-state index contributed by atoms with van der Waals surface area (Å²) in [5, 5.41) is 9.92. The van der Waals surface area contributed by atoms with Gasteiger partial charge in [0, 0.05) is 12.8 Å². The number of halogens is 1. The van der Waals surface area contributed by atoms with Crippen molar-refractivity contribution in [2.75, 3.05) is 0 Å². The topological polar surface area (TPSA) is 39.9 Å². The van der Waals surface area contributed by atoms with Crippen LogP contribution in [-0.2, 0) is 19.4 Å². The van der Waals surface area contributed by atoms with Gasteiger partial charge in [-0.05, 0) is 24.6 Å². The van der Waals surface area contributed by atoms with E-state index in [-0.39, 0.29) is 0 Å². The lowest BCUT2D eigenvalue weighted by Gasteiger charge is -2.08. The molecule has 0 aliphatic heterocycles. The van der Waals surface area contributed by atoms with E-state index in [1.807, 2.05) is 29.8 Å². The lowest BCUT2D eigenvalue weighted by Crippen LogP contribution is -2.04. The van der Waals surface area contributed by atoms with Crippen LogP contribution in [0.25, 0.3) is 0 Å². The van der Waals surface area contributed by atoms with Crippen molar-refractivity contribution in [2.45, 2.75) is 24.4 Å². The summed E-state index contributed by atoms with van der Waals surface area (Å²) in [7, 11) is 1.95. The van der Waals surface area contributed by atoms with Crippen LogP contribution in [0.5, 0.6) is 5.75 Å². The van der Waals surface area contributed by atoms with Gasteiger partial charge in [0.25, 0.3) is 0 Å². The van der Waals surface area contributed by atoms with Crippen LogP contribution in [0.3, 0.4) is 0 Å². The van der Waals surface area contributed by atoms with Gasteiger partial charge in [-0.15, -0.1) is 10.2 Å². The molecule has 0 aliphatic rings. The van der Waals surface area contributed by atoms with Crippen LogP contribution in [0.1, 0.15) is 17.0 Å². The van der Waals surface area contributed by atoms with Gasteiger partial charge >= 0.3 is 0 Å². The highest BCUT2D eigenvalue weighted by atomic mass is 35.5. The Balaban J connectivity index is 1.61. The molecule has 0 N–H and O–H groups in total. The number of para-hydroxylation sites is 1. The molecule has 3 rings (SSSR count). The molecular weight excluding hydrogens is 342 g/mol. The van der Waals surface area contributed by atoms with Crippen LogP contribution < -0.4 is 4.74 Å². The van der Waals surface area contributed by atoms with Crippen molar-refractivity contribution in [3.63, 3.8) is 0 Å². The molecule has 0 amide bonds. The van der Waals surface area contributed by atoms with Crippen molar-refractivity contribution < 1.29 is 4.74 Å². The largest absolute Gasteiger partial charge is 0.484 e. The molecule has 0 radical (unpaired) electrons. The molecule has 24 heavy (non-hydrogen) atoms. The fourth-order valence-electron chi connectivity index (χ4n) is 2.13. The zero-order chi connectivity index (χ0) is 16.9. The molecule has 0 saturated carbocycles. The van der Waals surface area contributed by atoms with E-state index in [4.69, 9.17) is 16.3 Å². The van der Waals surface area contributed by atoms with Gasteiger partial charge < -0.3 is 9.30 Å². The maximum Gasteiger partial charge on any atom is 0.191 e. The Morgan fingerprint density at radius 2 is 1.83 bits per heavy atom. The van der Waals surface area contributed by atoms with E-state index < -0.39 is 0 Å². The quantitative estimate of drug-likeness (QED) is 0.601. The van der Waals surface area contributed by atoms with Crippen LogP contribution in [0, 0.1) is 6.92 Å². The minimum absolute atomic E-state index is 0.332. The molecule has 0 spiro atoms. The summed E-state index contributed by atoms with van der Waals surface area (Å²) in [6.07, 6.45) is 0. The van der Waals surface area contributed by atoms with E-state index in [1.165, 1.54) is 11.1 Å². The van der Waals surface area contributed by atoms with Gasteiger partial charge in [-0.2, -0.15) is 0 Å². The van der Waals surface area contributed by atoms with E-state index in [9.17, 15) is 0 Å². The molecule has 0 fully saturated rings. The van der Waals surface area contributed by atoms with Gasteiger partial charge in [-0.25, -0.2) is 0 Å². The number of benzene rings is 2. The molecule has 3 aromatic rings. The predicted molar refractivity (Wildman–Crippen MR) is 97.5 cm³/mol. The highest BCUT2D eigenvalue weighted by molar-refractivity contribution is 7.98. The Bertz CT molecular complexity index is 817. The third-order valence-electron chi connectivity index (χ3n) is 3.61. The van der Waals surface area contributed by atoms with Gasteiger partial charge in [0.1, 0.15) is 12.4 Å². The van der Waals surface area contributed by atoms with Gasteiger partial charge in [0.15, 0.2) is 11.0 Å². The zero-order valence-corrected chi connectivity index (χ0v) is 15.1. The van der Waals surface area contributed by atoms with E-state index >= 15 is 0 Å². The lowest BCUT2D eigenvalue weighted by molar-refractivity contribution is 0.290. The molecule has 4 nitrogen and oxygen atoms in total. The number of aromatic nitrogens is 3. The van der Waals surface area contributed by atoms with Crippen LogP contribution >= 0.6 is 23.4 Å². The van der Waals surface area contributed by atoms with Gasteiger partial charge in [0.2, 0.25) is 0 Å². The van der Waals surface area contributed by atoms with Crippen molar-refractivity contribution in [1.82, 2.24) is 14.8 Å². The molecule has 0 atom stereocenters. The number of ether oxygens (including phenoxy) is 1. The highest BCUT2D eigenvalue weighted by Gasteiger charge is 2.11. The first-order chi connectivity index (χ1) is 11.6.